The third-order valence-corrected chi connectivity index (χ3v) is 3.51. The van der Waals surface area contributed by atoms with Crippen molar-refractivity contribution in [3.63, 3.8) is 0 Å². The number of hydrogen-bond donors (Lipinski definition) is 1. The van der Waals surface area contributed by atoms with E-state index in [1.165, 1.54) is 25.7 Å². The molecule has 3 nitrogen and oxygen atoms in total. The Labute approximate surface area is 123 Å². The lowest BCUT2D eigenvalue weighted by atomic mass is 9.64. The van der Waals surface area contributed by atoms with Crippen molar-refractivity contribution >= 4 is 29.9 Å². The SMILES string of the molecule is CN=C(NCC1(CC(C)C)CCC1)N(C)C.I. The highest BCUT2D eigenvalue weighted by molar-refractivity contribution is 14.0. The molecule has 1 aliphatic carbocycles. The molecule has 1 N–H and O–H groups in total. The van der Waals surface area contributed by atoms with E-state index >= 15 is 0 Å². The number of guanidine groups is 1. The van der Waals surface area contributed by atoms with Gasteiger partial charge >= 0.3 is 0 Å². The maximum atomic E-state index is 4.26. The Kier molecular flexibility index (Phi) is 7.44. The quantitative estimate of drug-likeness (QED) is 0.478. The summed E-state index contributed by atoms with van der Waals surface area (Å²) in [7, 11) is 5.91. The molecule has 1 fully saturated rings. The lowest BCUT2D eigenvalue weighted by Gasteiger charge is -2.44. The van der Waals surface area contributed by atoms with Gasteiger partial charge in [-0.1, -0.05) is 20.3 Å². The molecule has 4 heteroatoms. The van der Waals surface area contributed by atoms with Crippen LogP contribution in [0, 0.1) is 11.3 Å². The molecule has 0 heterocycles. The van der Waals surface area contributed by atoms with Gasteiger partial charge in [-0.3, -0.25) is 4.99 Å². The van der Waals surface area contributed by atoms with Crippen LogP contribution in [-0.2, 0) is 0 Å². The Morgan fingerprint density at radius 1 is 1.35 bits per heavy atom. The van der Waals surface area contributed by atoms with Gasteiger partial charge in [-0.15, -0.1) is 24.0 Å². The van der Waals surface area contributed by atoms with E-state index in [1.54, 1.807) is 0 Å². The molecule has 0 amide bonds. The Balaban J connectivity index is 0.00000256. The van der Waals surface area contributed by atoms with Crippen LogP contribution >= 0.6 is 24.0 Å². The second kappa shape index (κ2) is 7.44. The molecule has 0 saturated heterocycles. The molecule has 0 aliphatic heterocycles. The zero-order valence-corrected chi connectivity index (χ0v) is 14.2. The number of aliphatic imine (C=N–C) groups is 1. The summed E-state index contributed by atoms with van der Waals surface area (Å²) in [6, 6.07) is 0. The first-order valence-electron chi connectivity index (χ1n) is 6.37. The molecule has 0 aromatic rings. The molecular weight excluding hydrogens is 325 g/mol. The Bertz CT molecular complexity index is 245. The van der Waals surface area contributed by atoms with Gasteiger partial charge in [-0.2, -0.15) is 0 Å². The van der Waals surface area contributed by atoms with Gasteiger partial charge in [0.25, 0.3) is 0 Å². The minimum atomic E-state index is 0. The van der Waals surface area contributed by atoms with Crippen molar-refractivity contribution in [1.82, 2.24) is 10.2 Å². The van der Waals surface area contributed by atoms with Gasteiger partial charge in [-0.05, 0) is 30.6 Å². The van der Waals surface area contributed by atoms with Crippen LogP contribution in [0.3, 0.4) is 0 Å². The third-order valence-electron chi connectivity index (χ3n) is 3.51. The summed E-state index contributed by atoms with van der Waals surface area (Å²) in [6.07, 6.45) is 5.49. The Hall–Kier alpha value is 0. The molecule has 1 saturated carbocycles. The number of rotatable bonds is 4. The van der Waals surface area contributed by atoms with E-state index in [2.05, 4.69) is 24.2 Å². The predicted molar refractivity (Wildman–Crippen MR) is 86.2 cm³/mol. The number of hydrogen-bond acceptors (Lipinski definition) is 1. The first kappa shape index (κ1) is 17.0. The van der Waals surface area contributed by atoms with Crippen molar-refractivity contribution < 1.29 is 0 Å². The molecule has 17 heavy (non-hydrogen) atoms. The topological polar surface area (TPSA) is 27.6 Å². The van der Waals surface area contributed by atoms with Crippen LogP contribution in [0.5, 0.6) is 0 Å². The molecule has 0 unspecified atom stereocenters. The van der Waals surface area contributed by atoms with E-state index < -0.39 is 0 Å². The van der Waals surface area contributed by atoms with Crippen LogP contribution in [-0.4, -0.2) is 38.5 Å². The third kappa shape index (κ3) is 5.02. The van der Waals surface area contributed by atoms with Crippen molar-refractivity contribution in [3.8, 4) is 0 Å². The minimum absolute atomic E-state index is 0. The molecular formula is C13H28IN3. The van der Waals surface area contributed by atoms with Crippen LogP contribution in [0.15, 0.2) is 4.99 Å². The van der Waals surface area contributed by atoms with E-state index in [9.17, 15) is 0 Å². The second-order valence-electron chi connectivity index (χ2n) is 5.75. The van der Waals surface area contributed by atoms with Crippen molar-refractivity contribution in [1.29, 1.82) is 0 Å². The first-order chi connectivity index (χ1) is 7.49. The average Bonchev–Trinajstić information content (AvgIpc) is 2.13. The number of nitrogens with one attached hydrogen (secondary N) is 1. The highest BCUT2D eigenvalue weighted by Crippen LogP contribution is 2.45. The zero-order chi connectivity index (χ0) is 12.2. The lowest BCUT2D eigenvalue weighted by molar-refractivity contribution is 0.104. The molecule has 0 aromatic heterocycles. The van der Waals surface area contributed by atoms with Gasteiger partial charge in [-0.25, -0.2) is 0 Å². The molecule has 0 atom stereocenters. The van der Waals surface area contributed by atoms with E-state index in [4.69, 9.17) is 0 Å². The average molecular weight is 353 g/mol. The van der Waals surface area contributed by atoms with Crippen molar-refractivity contribution in [3.05, 3.63) is 0 Å². The van der Waals surface area contributed by atoms with E-state index in [0.29, 0.717) is 5.41 Å². The Morgan fingerprint density at radius 3 is 2.24 bits per heavy atom. The standard InChI is InChI=1S/C13H27N3.HI/c1-11(2)9-13(7-6-8-13)10-15-12(14-3)16(4)5;/h11H,6-10H2,1-5H3,(H,14,15);1H. The van der Waals surface area contributed by atoms with Gasteiger partial charge < -0.3 is 10.2 Å². The highest BCUT2D eigenvalue weighted by Gasteiger charge is 2.37. The van der Waals surface area contributed by atoms with E-state index in [0.717, 1.165) is 18.4 Å². The molecule has 0 bridgehead atoms. The normalized spacial score (nSPS) is 18.4. The fraction of sp³-hybridized carbons (Fsp3) is 0.923. The summed E-state index contributed by atoms with van der Waals surface area (Å²) in [5.74, 6) is 1.79. The maximum absolute atomic E-state index is 4.26. The molecule has 0 aromatic carbocycles. The van der Waals surface area contributed by atoms with Gasteiger partial charge in [0, 0.05) is 27.7 Å². The van der Waals surface area contributed by atoms with Crippen molar-refractivity contribution in [2.24, 2.45) is 16.3 Å². The summed E-state index contributed by atoms with van der Waals surface area (Å²) < 4.78 is 0. The molecule has 1 rings (SSSR count). The van der Waals surface area contributed by atoms with Gasteiger partial charge in [0.15, 0.2) is 5.96 Å². The largest absolute Gasteiger partial charge is 0.356 e. The first-order valence-corrected chi connectivity index (χ1v) is 6.37. The summed E-state index contributed by atoms with van der Waals surface area (Å²) in [4.78, 5) is 6.30. The predicted octanol–water partition coefficient (Wildman–Crippen LogP) is 2.96. The smallest absolute Gasteiger partial charge is 0.193 e. The van der Waals surface area contributed by atoms with Crippen LogP contribution < -0.4 is 5.32 Å². The minimum Gasteiger partial charge on any atom is -0.356 e. The molecule has 0 spiro atoms. The lowest BCUT2D eigenvalue weighted by Crippen LogP contribution is -2.46. The van der Waals surface area contributed by atoms with E-state index in [1.807, 2.05) is 26.0 Å². The second-order valence-corrected chi connectivity index (χ2v) is 5.75. The van der Waals surface area contributed by atoms with Crippen LogP contribution in [0.4, 0.5) is 0 Å². The summed E-state index contributed by atoms with van der Waals surface area (Å²) in [5, 5.41) is 3.49. The molecule has 0 radical (unpaired) electrons. The fourth-order valence-corrected chi connectivity index (χ4v) is 2.70. The van der Waals surface area contributed by atoms with Gasteiger partial charge in [0.05, 0.1) is 0 Å². The zero-order valence-electron chi connectivity index (χ0n) is 11.9. The van der Waals surface area contributed by atoms with E-state index in [-0.39, 0.29) is 24.0 Å². The number of nitrogens with zero attached hydrogens (tertiary/aromatic N) is 2. The summed E-state index contributed by atoms with van der Waals surface area (Å²) >= 11 is 0. The van der Waals surface area contributed by atoms with Crippen molar-refractivity contribution in [2.45, 2.75) is 39.5 Å². The van der Waals surface area contributed by atoms with Crippen LogP contribution in [0.25, 0.3) is 0 Å². The monoisotopic (exact) mass is 353 g/mol. The van der Waals surface area contributed by atoms with Gasteiger partial charge in [0.1, 0.15) is 0 Å². The van der Waals surface area contributed by atoms with Crippen LogP contribution in [0.1, 0.15) is 39.5 Å². The van der Waals surface area contributed by atoms with Gasteiger partial charge in [0.2, 0.25) is 0 Å². The highest BCUT2D eigenvalue weighted by atomic mass is 127. The van der Waals surface area contributed by atoms with Crippen molar-refractivity contribution in [2.75, 3.05) is 27.7 Å². The van der Waals surface area contributed by atoms with Crippen LogP contribution in [0.2, 0.25) is 0 Å². The Morgan fingerprint density at radius 2 is 1.94 bits per heavy atom. The molecule has 1 aliphatic rings. The fourth-order valence-electron chi connectivity index (χ4n) is 2.70. The number of halogens is 1. The summed E-state index contributed by atoms with van der Waals surface area (Å²) in [6.45, 7) is 5.72. The summed E-state index contributed by atoms with van der Waals surface area (Å²) in [5.41, 5.74) is 0.542. The maximum Gasteiger partial charge on any atom is 0.193 e. The molecule has 102 valence electrons.